The Morgan fingerprint density at radius 1 is 1.24 bits per heavy atom. The first-order valence-electron chi connectivity index (χ1n) is 7.95. The van der Waals surface area contributed by atoms with Gasteiger partial charge in [-0.3, -0.25) is 0 Å². The summed E-state index contributed by atoms with van der Waals surface area (Å²) in [6, 6.07) is 5.18. The van der Waals surface area contributed by atoms with Crippen molar-refractivity contribution < 1.29 is 9.13 Å². The predicted molar refractivity (Wildman–Crippen MR) is 86.4 cm³/mol. The zero-order chi connectivity index (χ0) is 15.7. The minimum Gasteiger partial charge on any atom is -0.497 e. The summed E-state index contributed by atoms with van der Waals surface area (Å²) in [7, 11) is 1.56. The molecule has 0 aliphatic carbocycles. The van der Waals surface area contributed by atoms with E-state index in [1.807, 2.05) is 12.1 Å². The van der Waals surface area contributed by atoms with Crippen molar-refractivity contribution in [1.29, 1.82) is 0 Å². The molecular formula is C17H29FN2O. The second kappa shape index (κ2) is 9.74. The standard InChI is InChI=1S/C17H29FN2O/c1-5-11-19-17(10-12-20(6-2)7-3)15-9-8-14(21-4)13-16(15)18/h8-9,13,17,19H,5-7,10-12H2,1-4H3. The summed E-state index contributed by atoms with van der Waals surface area (Å²) in [6.45, 7) is 10.4. The number of hydrogen-bond donors (Lipinski definition) is 1. The fourth-order valence-electron chi connectivity index (χ4n) is 2.46. The van der Waals surface area contributed by atoms with Gasteiger partial charge in [-0.05, 0) is 45.1 Å². The number of ether oxygens (including phenoxy) is 1. The third-order valence-electron chi connectivity index (χ3n) is 3.85. The maximum absolute atomic E-state index is 14.3. The zero-order valence-electron chi connectivity index (χ0n) is 13.8. The summed E-state index contributed by atoms with van der Waals surface area (Å²) in [5, 5.41) is 3.46. The van der Waals surface area contributed by atoms with Gasteiger partial charge in [-0.15, -0.1) is 0 Å². The number of nitrogens with one attached hydrogen (secondary N) is 1. The minimum absolute atomic E-state index is 0.0523. The van der Waals surface area contributed by atoms with E-state index in [4.69, 9.17) is 4.74 Å². The highest BCUT2D eigenvalue weighted by molar-refractivity contribution is 5.30. The van der Waals surface area contributed by atoms with Crippen LogP contribution >= 0.6 is 0 Å². The topological polar surface area (TPSA) is 24.5 Å². The molecule has 0 saturated carbocycles. The molecule has 120 valence electrons. The minimum atomic E-state index is -0.192. The molecule has 1 unspecified atom stereocenters. The van der Waals surface area contributed by atoms with Gasteiger partial charge in [0.15, 0.2) is 0 Å². The highest BCUT2D eigenvalue weighted by atomic mass is 19.1. The third-order valence-corrected chi connectivity index (χ3v) is 3.85. The van der Waals surface area contributed by atoms with E-state index in [1.165, 1.54) is 6.07 Å². The van der Waals surface area contributed by atoms with Crippen LogP contribution < -0.4 is 10.1 Å². The summed E-state index contributed by atoms with van der Waals surface area (Å²) in [6.07, 6.45) is 1.95. The van der Waals surface area contributed by atoms with Crippen molar-refractivity contribution in [2.24, 2.45) is 0 Å². The van der Waals surface area contributed by atoms with Crippen LogP contribution in [0.4, 0.5) is 4.39 Å². The van der Waals surface area contributed by atoms with Crippen LogP contribution in [-0.4, -0.2) is 38.2 Å². The quantitative estimate of drug-likeness (QED) is 0.714. The van der Waals surface area contributed by atoms with Gasteiger partial charge in [-0.1, -0.05) is 26.8 Å². The summed E-state index contributed by atoms with van der Waals surface area (Å²) >= 11 is 0. The van der Waals surface area contributed by atoms with Gasteiger partial charge in [-0.2, -0.15) is 0 Å². The van der Waals surface area contributed by atoms with E-state index in [-0.39, 0.29) is 11.9 Å². The Morgan fingerprint density at radius 2 is 1.95 bits per heavy atom. The monoisotopic (exact) mass is 296 g/mol. The molecule has 0 bridgehead atoms. The first kappa shape index (κ1) is 17.9. The summed E-state index contributed by atoms with van der Waals surface area (Å²) in [4.78, 5) is 2.36. The highest BCUT2D eigenvalue weighted by Crippen LogP contribution is 2.24. The van der Waals surface area contributed by atoms with Crippen LogP contribution in [0.2, 0.25) is 0 Å². The van der Waals surface area contributed by atoms with Crippen molar-refractivity contribution in [2.45, 2.75) is 39.7 Å². The molecule has 3 nitrogen and oxygen atoms in total. The average molecular weight is 296 g/mol. The van der Waals surface area contributed by atoms with Crippen LogP contribution in [0, 0.1) is 5.82 Å². The average Bonchev–Trinajstić information content (AvgIpc) is 2.51. The lowest BCUT2D eigenvalue weighted by atomic mass is 10.0. The lowest BCUT2D eigenvalue weighted by Crippen LogP contribution is -2.30. The van der Waals surface area contributed by atoms with Crippen LogP contribution in [0.3, 0.4) is 0 Å². The van der Waals surface area contributed by atoms with Gasteiger partial charge in [0.2, 0.25) is 0 Å². The SMILES string of the molecule is CCCNC(CCN(CC)CC)c1ccc(OC)cc1F. The van der Waals surface area contributed by atoms with Crippen molar-refractivity contribution in [3.63, 3.8) is 0 Å². The van der Waals surface area contributed by atoms with Crippen LogP contribution in [0.15, 0.2) is 18.2 Å². The molecule has 0 saturated heterocycles. The molecule has 4 heteroatoms. The van der Waals surface area contributed by atoms with E-state index in [9.17, 15) is 4.39 Å². The zero-order valence-corrected chi connectivity index (χ0v) is 13.8. The van der Waals surface area contributed by atoms with Crippen LogP contribution in [0.25, 0.3) is 0 Å². The summed E-state index contributed by atoms with van der Waals surface area (Å²) < 4.78 is 19.3. The Hall–Kier alpha value is -1.13. The molecule has 1 N–H and O–H groups in total. The molecule has 0 amide bonds. The van der Waals surface area contributed by atoms with Gasteiger partial charge in [-0.25, -0.2) is 4.39 Å². The van der Waals surface area contributed by atoms with Gasteiger partial charge in [0.25, 0.3) is 0 Å². The van der Waals surface area contributed by atoms with Gasteiger partial charge >= 0.3 is 0 Å². The highest BCUT2D eigenvalue weighted by Gasteiger charge is 2.16. The van der Waals surface area contributed by atoms with Crippen molar-refractivity contribution in [3.8, 4) is 5.75 Å². The number of hydrogen-bond acceptors (Lipinski definition) is 3. The molecule has 1 aromatic carbocycles. The molecular weight excluding hydrogens is 267 g/mol. The number of benzene rings is 1. The largest absolute Gasteiger partial charge is 0.497 e. The van der Waals surface area contributed by atoms with E-state index in [0.717, 1.165) is 44.6 Å². The second-order valence-electron chi connectivity index (χ2n) is 5.21. The lowest BCUT2D eigenvalue weighted by Gasteiger charge is -2.24. The van der Waals surface area contributed by atoms with Gasteiger partial charge in [0.1, 0.15) is 11.6 Å². The molecule has 0 heterocycles. The number of nitrogens with zero attached hydrogens (tertiary/aromatic N) is 1. The van der Waals surface area contributed by atoms with Crippen LogP contribution in [0.1, 0.15) is 45.2 Å². The van der Waals surface area contributed by atoms with E-state index >= 15 is 0 Å². The normalized spacial score (nSPS) is 12.7. The van der Waals surface area contributed by atoms with Gasteiger partial charge in [0.05, 0.1) is 7.11 Å². The molecule has 0 aliphatic rings. The molecule has 0 aliphatic heterocycles. The molecule has 1 rings (SSSR count). The number of halogens is 1. The Balaban J connectivity index is 2.80. The van der Waals surface area contributed by atoms with Crippen molar-refractivity contribution in [1.82, 2.24) is 10.2 Å². The summed E-state index contributed by atoms with van der Waals surface area (Å²) in [5.41, 5.74) is 0.733. The Morgan fingerprint density at radius 3 is 2.48 bits per heavy atom. The maximum atomic E-state index is 14.3. The predicted octanol–water partition coefficient (Wildman–Crippen LogP) is 3.61. The lowest BCUT2D eigenvalue weighted by molar-refractivity contribution is 0.280. The van der Waals surface area contributed by atoms with Crippen molar-refractivity contribution in [2.75, 3.05) is 33.3 Å². The number of rotatable bonds is 10. The molecule has 0 spiro atoms. The number of methoxy groups -OCH3 is 1. The molecule has 1 aromatic rings. The van der Waals surface area contributed by atoms with Crippen LogP contribution in [0.5, 0.6) is 5.75 Å². The molecule has 0 radical (unpaired) electrons. The second-order valence-corrected chi connectivity index (χ2v) is 5.21. The van der Waals surface area contributed by atoms with Crippen LogP contribution in [-0.2, 0) is 0 Å². The van der Waals surface area contributed by atoms with E-state index in [1.54, 1.807) is 7.11 Å². The summed E-state index contributed by atoms with van der Waals surface area (Å²) in [5.74, 6) is 0.372. The van der Waals surface area contributed by atoms with Crippen molar-refractivity contribution in [3.05, 3.63) is 29.6 Å². The molecule has 1 atom stereocenters. The fourth-order valence-corrected chi connectivity index (χ4v) is 2.46. The van der Waals surface area contributed by atoms with Gasteiger partial charge < -0.3 is 15.0 Å². The Kier molecular flexibility index (Phi) is 8.31. The fraction of sp³-hybridized carbons (Fsp3) is 0.647. The van der Waals surface area contributed by atoms with Gasteiger partial charge in [0, 0.05) is 17.7 Å². The first-order chi connectivity index (χ1) is 10.2. The Labute approximate surface area is 128 Å². The first-order valence-corrected chi connectivity index (χ1v) is 7.95. The molecule has 0 fully saturated rings. The smallest absolute Gasteiger partial charge is 0.131 e. The van der Waals surface area contributed by atoms with E-state index in [2.05, 4.69) is 31.0 Å². The molecule has 21 heavy (non-hydrogen) atoms. The van der Waals surface area contributed by atoms with E-state index < -0.39 is 0 Å². The Bertz CT molecular complexity index is 408. The third kappa shape index (κ3) is 5.64. The van der Waals surface area contributed by atoms with Crippen molar-refractivity contribution >= 4 is 0 Å². The maximum Gasteiger partial charge on any atom is 0.131 e. The van der Waals surface area contributed by atoms with E-state index in [0.29, 0.717) is 5.75 Å². The molecule has 0 aromatic heterocycles.